The number of nitrogens with zero attached hydrogens (tertiary/aromatic N) is 7. The molecule has 172 valence electrons. The summed E-state index contributed by atoms with van der Waals surface area (Å²) >= 11 is 0. The van der Waals surface area contributed by atoms with E-state index in [1.54, 1.807) is 7.11 Å². The number of methoxy groups -OCH3 is 1. The topological polar surface area (TPSA) is 62.0 Å². The van der Waals surface area contributed by atoms with E-state index in [0.29, 0.717) is 6.04 Å². The molecule has 8 nitrogen and oxygen atoms in total. The predicted molar refractivity (Wildman–Crippen MR) is 132 cm³/mol. The molecular formula is C25H31N7O. The van der Waals surface area contributed by atoms with Gasteiger partial charge < -0.3 is 14.5 Å². The Balaban J connectivity index is 1.40. The second kappa shape index (κ2) is 8.61. The number of fused-ring (bicyclic) bond motifs is 2. The van der Waals surface area contributed by atoms with Crippen LogP contribution in [0.3, 0.4) is 0 Å². The second-order valence-corrected chi connectivity index (χ2v) is 9.18. The Bertz CT molecular complexity index is 1290. The lowest BCUT2D eigenvalue weighted by atomic mass is 10.0. The third-order valence-electron chi connectivity index (χ3n) is 6.64. The van der Waals surface area contributed by atoms with Gasteiger partial charge in [-0.15, -0.1) is 0 Å². The highest BCUT2D eigenvalue weighted by Gasteiger charge is 2.30. The van der Waals surface area contributed by atoms with Crippen molar-refractivity contribution < 1.29 is 4.74 Å². The number of aromatic nitrogens is 4. The number of ether oxygens (including phenoxy) is 1. The zero-order valence-corrected chi connectivity index (χ0v) is 20.0. The molecule has 0 aliphatic carbocycles. The maximum atomic E-state index is 5.55. The van der Waals surface area contributed by atoms with Crippen LogP contribution in [0.1, 0.15) is 5.56 Å². The molecule has 1 fully saturated rings. The fraction of sp³-hybridized carbons (Fsp3) is 0.400. The molecule has 0 spiro atoms. The third kappa shape index (κ3) is 4.00. The molecule has 0 unspecified atom stereocenters. The summed E-state index contributed by atoms with van der Waals surface area (Å²) in [6.45, 7) is 6.21. The molecule has 0 radical (unpaired) electrons. The predicted octanol–water partition coefficient (Wildman–Crippen LogP) is 2.94. The molecule has 0 bridgehead atoms. The van der Waals surface area contributed by atoms with E-state index in [0.717, 1.165) is 70.9 Å². The van der Waals surface area contributed by atoms with E-state index in [-0.39, 0.29) is 0 Å². The molecule has 0 atom stereocenters. The van der Waals surface area contributed by atoms with Crippen LogP contribution in [0, 0.1) is 6.92 Å². The number of pyridine rings is 1. The largest absolute Gasteiger partial charge is 0.496 e. The first-order chi connectivity index (χ1) is 15.9. The average molecular weight is 446 g/mol. The van der Waals surface area contributed by atoms with Crippen molar-refractivity contribution in [3.8, 4) is 16.9 Å². The summed E-state index contributed by atoms with van der Waals surface area (Å²) in [5.41, 5.74) is 5.99. The van der Waals surface area contributed by atoms with Crippen LogP contribution in [0.25, 0.3) is 27.7 Å². The van der Waals surface area contributed by atoms with Gasteiger partial charge in [-0.1, -0.05) is 0 Å². The van der Waals surface area contributed by atoms with Crippen LogP contribution in [-0.2, 0) is 0 Å². The molecule has 0 N–H and O–H groups in total. The Kier molecular flexibility index (Phi) is 5.64. The molecular weight excluding hydrogens is 414 g/mol. The number of benzene rings is 1. The van der Waals surface area contributed by atoms with E-state index < -0.39 is 0 Å². The summed E-state index contributed by atoms with van der Waals surface area (Å²) in [6.07, 6.45) is 7.77. The summed E-state index contributed by atoms with van der Waals surface area (Å²) in [5, 5.41) is 5.66. The van der Waals surface area contributed by atoms with Gasteiger partial charge in [-0.2, -0.15) is 5.10 Å². The van der Waals surface area contributed by atoms with E-state index in [2.05, 4.69) is 64.3 Å². The van der Waals surface area contributed by atoms with Gasteiger partial charge in [0.15, 0.2) is 5.65 Å². The fourth-order valence-corrected chi connectivity index (χ4v) is 4.44. The quantitative estimate of drug-likeness (QED) is 0.433. The lowest BCUT2D eigenvalue weighted by Crippen LogP contribution is -2.59. The van der Waals surface area contributed by atoms with Crippen molar-refractivity contribution in [1.29, 1.82) is 0 Å². The molecule has 5 rings (SSSR count). The van der Waals surface area contributed by atoms with Crippen molar-refractivity contribution in [2.45, 2.75) is 13.0 Å². The van der Waals surface area contributed by atoms with Gasteiger partial charge in [0.1, 0.15) is 5.75 Å². The summed E-state index contributed by atoms with van der Waals surface area (Å²) < 4.78 is 7.43. The van der Waals surface area contributed by atoms with Gasteiger partial charge in [0.2, 0.25) is 0 Å². The van der Waals surface area contributed by atoms with Crippen LogP contribution in [0.2, 0.25) is 0 Å². The van der Waals surface area contributed by atoms with Gasteiger partial charge >= 0.3 is 0 Å². The average Bonchev–Trinajstić information content (AvgIpc) is 3.19. The second-order valence-electron chi connectivity index (χ2n) is 9.18. The van der Waals surface area contributed by atoms with Crippen molar-refractivity contribution in [2.24, 2.45) is 0 Å². The molecule has 0 amide bonds. The Morgan fingerprint density at radius 2 is 1.88 bits per heavy atom. The number of anilines is 1. The van der Waals surface area contributed by atoms with Gasteiger partial charge in [-0.25, -0.2) is 9.50 Å². The van der Waals surface area contributed by atoms with Crippen molar-refractivity contribution in [3.05, 3.63) is 48.5 Å². The first kappa shape index (κ1) is 21.6. The monoisotopic (exact) mass is 445 g/mol. The molecule has 0 saturated carbocycles. The van der Waals surface area contributed by atoms with Gasteiger partial charge in [-0.05, 0) is 57.4 Å². The van der Waals surface area contributed by atoms with Crippen molar-refractivity contribution in [1.82, 2.24) is 29.4 Å². The minimum absolute atomic E-state index is 0.579. The van der Waals surface area contributed by atoms with Crippen molar-refractivity contribution in [2.75, 3.05) is 59.3 Å². The SMILES string of the molecule is COc1cc2c(-c3cnn4cc(N5CC(N(C)CCN(C)C)C5)cnc34)ccnc2cc1C. The Hall–Kier alpha value is -3.23. The normalized spacial score (nSPS) is 14.6. The van der Waals surface area contributed by atoms with Gasteiger partial charge in [0.05, 0.1) is 36.9 Å². The van der Waals surface area contributed by atoms with Crippen molar-refractivity contribution in [3.63, 3.8) is 0 Å². The number of hydrogen-bond donors (Lipinski definition) is 0. The Morgan fingerprint density at radius 1 is 1.06 bits per heavy atom. The van der Waals surface area contributed by atoms with Gasteiger partial charge in [0, 0.05) is 49.4 Å². The first-order valence-electron chi connectivity index (χ1n) is 11.3. The molecule has 33 heavy (non-hydrogen) atoms. The zero-order chi connectivity index (χ0) is 23.1. The van der Waals surface area contributed by atoms with Crippen LogP contribution in [-0.4, -0.2) is 89.9 Å². The molecule has 1 aliphatic rings. The zero-order valence-electron chi connectivity index (χ0n) is 20.0. The number of likely N-dealkylation sites (N-methyl/N-ethyl adjacent to an activating group) is 2. The number of rotatable bonds is 7. The standard InChI is InChI=1S/C25H31N7O/c1-17-10-23-21(11-24(17)33-5)20(6-7-26-23)22-13-28-32-16-18(12-27-25(22)32)31-14-19(15-31)30(4)9-8-29(2)3/h6-7,10-13,16,19H,8-9,14-15H2,1-5H3. The van der Waals surface area contributed by atoms with Crippen LogP contribution >= 0.6 is 0 Å². The summed E-state index contributed by atoms with van der Waals surface area (Å²) in [7, 11) is 8.14. The lowest BCUT2D eigenvalue weighted by molar-refractivity contribution is 0.187. The minimum Gasteiger partial charge on any atom is -0.496 e. The fourth-order valence-electron chi connectivity index (χ4n) is 4.44. The first-order valence-corrected chi connectivity index (χ1v) is 11.3. The van der Waals surface area contributed by atoms with E-state index in [1.807, 2.05) is 36.1 Å². The van der Waals surface area contributed by atoms with Crippen LogP contribution in [0.15, 0.2) is 43.0 Å². The minimum atomic E-state index is 0.579. The molecule has 3 aromatic heterocycles. The lowest BCUT2D eigenvalue weighted by Gasteiger charge is -2.45. The van der Waals surface area contributed by atoms with Crippen molar-refractivity contribution >= 4 is 22.2 Å². The van der Waals surface area contributed by atoms with E-state index in [9.17, 15) is 0 Å². The highest BCUT2D eigenvalue weighted by molar-refractivity contribution is 5.98. The number of hydrogen-bond acceptors (Lipinski definition) is 7. The maximum Gasteiger partial charge on any atom is 0.162 e. The molecule has 4 heterocycles. The Labute approximate surface area is 194 Å². The smallest absolute Gasteiger partial charge is 0.162 e. The summed E-state index contributed by atoms with van der Waals surface area (Å²) in [6, 6.07) is 6.71. The number of aryl methyl sites for hydroxylation is 1. The summed E-state index contributed by atoms with van der Waals surface area (Å²) in [5.74, 6) is 0.853. The third-order valence-corrected chi connectivity index (χ3v) is 6.64. The molecule has 1 saturated heterocycles. The molecule has 8 heteroatoms. The van der Waals surface area contributed by atoms with Crippen LogP contribution < -0.4 is 9.64 Å². The van der Waals surface area contributed by atoms with Crippen LogP contribution in [0.5, 0.6) is 5.75 Å². The van der Waals surface area contributed by atoms with E-state index in [1.165, 1.54) is 0 Å². The van der Waals surface area contributed by atoms with Gasteiger partial charge in [0.25, 0.3) is 0 Å². The highest BCUT2D eigenvalue weighted by Crippen LogP contribution is 2.34. The van der Waals surface area contributed by atoms with E-state index >= 15 is 0 Å². The Morgan fingerprint density at radius 3 is 2.64 bits per heavy atom. The molecule has 1 aromatic carbocycles. The highest BCUT2D eigenvalue weighted by atomic mass is 16.5. The van der Waals surface area contributed by atoms with E-state index in [4.69, 9.17) is 9.72 Å². The van der Waals surface area contributed by atoms with Gasteiger partial charge in [-0.3, -0.25) is 9.88 Å². The molecule has 4 aromatic rings. The summed E-state index contributed by atoms with van der Waals surface area (Å²) in [4.78, 5) is 16.4. The van der Waals surface area contributed by atoms with Crippen LogP contribution in [0.4, 0.5) is 5.69 Å². The molecule has 1 aliphatic heterocycles. The maximum absolute atomic E-state index is 5.55.